The van der Waals surface area contributed by atoms with Gasteiger partial charge >= 0.3 is 6.18 Å². The Labute approximate surface area is 274 Å². The molecular weight excluding hydrogens is 629 g/mol. The quantitative estimate of drug-likeness (QED) is 0.155. The van der Waals surface area contributed by atoms with Gasteiger partial charge in [-0.1, -0.05) is 12.1 Å². The number of aromatic nitrogens is 2. The molecule has 1 aliphatic heterocycles. The van der Waals surface area contributed by atoms with Gasteiger partial charge < -0.3 is 35.7 Å². The molecule has 3 aromatic carbocycles. The van der Waals surface area contributed by atoms with E-state index in [-0.39, 0.29) is 60.1 Å². The Kier molecular flexibility index (Phi) is 10.8. The van der Waals surface area contributed by atoms with Crippen LogP contribution in [0.3, 0.4) is 0 Å². The number of hydrogen-bond donors (Lipinski definition) is 4. The summed E-state index contributed by atoms with van der Waals surface area (Å²) in [5, 5.41) is 14.5. The number of rotatable bonds is 12. The molecule has 0 aliphatic carbocycles. The Hall–Kier alpha value is -5.21. The average molecular weight is 665 g/mol. The van der Waals surface area contributed by atoms with Crippen molar-refractivity contribution in [2.45, 2.75) is 31.9 Å². The lowest BCUT2D eigenvalue weighted by Gasteiger charge is -2.29. The largest absolute Gasteiger partial charge is 0.416 e. The van der Waals surface area contributed by atoms with Crippen LogP contribution in [0, 0.1) is 0 Å². The van der Waals surface area contributed by atoms with Crippen molar-refractivity contribution < 1.29 is 37.4 Å². The second-order valence-electron chi connectivity index (χ2n) is 11.2. The normalized spacial score (nSPS) is 13.3. The maximum absolute atomic E-state index is 13.8. The maximum Gasteiger partial charge on any atom is 0.416 e. The van der Waals surface area contributed by atoms with Crippen LogP contribution in [0.25, 0.3) is 5.69 Å². The second kappa shape index (κ2) is 15.1. The highest BCUT2D eigenvalue weighted by Gasteiger charge is 2.30. The molecule has 5 N–H and O–H groups in total. The first-order valence-electron chi connectivity index (χ1n) is 15.4. The SMILES string of the molecule is NC(=O)c1cccc(C(=O)Nc2ccc(N3CCCCC3)cc2C(=O)Nc2cn(-c3cccc(C(F)(F)F)c3)cn2)c1CCOCCO. The lowest BCUT2D eigenvalue weighted by molar-refractivity contribution is -0.137. The summed E-state index contributed by atoms with van der Waals surface area (Å²) in [6, 6.07) is 14.4. The third-order valence-corrected chi connectivity index (χ3v) is 7.93. The van der Waals surface area contributed by atoms with Crippen molar-refractivity contribution >= 4 is 34.9 Å². The van der Waals surface area contributed by atoms with E-state index in [4.69, 9.17) is 15.6 Å². The molecule has 5 rings (SSSR count). The molecule has 1 aromatic heterocycles. The third-order valence-electron chi connectivity index (χ3n) is 7.93. The van der Waals surface area contributed by atoms with E-state index in [9.17, 15) is 27.6 Å². The van der Waals surface area contributed by atoms with Crippen molar-refractivity contribution in [3.8, 4) is 5.69 Å². The highest BCUT2D eigenvalue weighted by molar-refractivity contribution is 6.13. The fourth-order valence-electron chi connectivity index (χ4n) is 5.56. The summed E-state index contributed by atoms with van der Waals surface area (Å²) < 4.78 is 46.5. The molecule has 11 nitrogen and oxygen atoms in total. The van der Waals surface area contributed by atoms with Gasteiger partial charge in [0, 0.05) is 35.6 Å². The van der Waals surface area contributed by atoms with E-state index in [2.05, 4.69) is 20.5 Å². The van der Waals surface area contributed by atoms with Gasteiger partial charge in [0.05, 0.1) is 42.8 Å². The number of amides is 3. The van der Waals surface area contributed by atoms with E-state index in [1.807, 2.05) is 6.07 Å². The number of imidazole rings is 1. The monoisotopic (exact) mass is 664 g/mol. The average Bonchev–Trinajstić information content (AvgIpc) is 3.55. The molecule has 0 saturated carbocycles. The molecule has 14 heteroatoms. The molecule has 3 amide bonds. The molecule has 252 valence electrons. The van der Waals surface area contributed by atoms with Crippen molar-refractivity contribution in [3.05, 3.63) is 101 Å². The van der Waals surface area contributed by atoms with Gasteiger partial charge in [0.1, 0.15) is 6.33 Å². The minimum atomic E-state index is -4.52. The van der Waals surface area contributed by atoms with Crippen LogP contribution in [0.15, 0.2) is 73.2 Å². The molecule has 1 saturated heterocycles. The zero-order chi connectivity index (χ0) is 34.3. The number of carbonyl (C=O) groups excluding carboxylic acids is 3. The number of carbonyl (C=O) groups is 3. The van der Waals surface area contributed by atoms with E-state index in [0.29, 0.717) is 5.56 Å². The number of nitrogens with one attached hydrogen (secondary N) is 2. The fraction of sp³-hybridized carbons (Fsp3) is 0.294. The maximum atomic E-state index is 13.8. The number of halogens is 3. The Morgan fingerprint density at radius 1 is 0.875 bits per heavy atom. The standard InChI is InChI=1S/C34H35F3N6O5/c35-34(36,37)22-6-4-7-23(18-22)43-20-30(39-21-43)41-33(47)28-19-24(42-13-2-1-3-14-42)10-11-29(28)40-32(46)27-9-5-8-26(31(38)45)25(27)12-16-48-17-15-44/h4-11,18-21,44H,1-3,12-17H2,(H2,38,45)(H,40,46)(H,41,47). The number of nitrogens with zero attached hydrogens (tertiary/aromatic N) is 3. The molecule has 4 aromatic rings. The number of aliphatic hydroxyl groups is 1. The molecule has 0 bridgehead atoms. The number of aliphatic hydroxyl groups excluding tert-OH is 1. The molecule has 48 heavy (non-hydrogen) atoms. The third kappa shape index (κ3) is 8.19. The first-order chi connectivity index (χ1) is 23.0. The topological polar surface area (TPSA) is 152 Å². The summed E-state index contributed by atoms with van der Waals surface area (Å²) >= 11 is 0. The Morgan fingerprint density at radius 3 is 2.33 bits per heavy atom. The van der Waals surface area contributed by atoms with Crippen LogP contribution in [0.2, 0.25) is 0 Å². The Bertz CT molecular complexity index is 1790. The molecule has 0 radical (unpaired) electrons. The summed E-state index contributed by atoms with van der Waals surface area (Å²) in [5.41, 5.74) is 6.72. The highest BCUT2D eigenvalue weighted by atomic mass is 19.4. The summed E-state index contributed by atoms with van der Waals surface area (Å²) in [6.45, 7) is 1.62. The van der Waals surface area contributed by atoms with Crippen molar-refractivity contribution in [3.63, 3.8) is 0 Å². The number of nitrogens with two attached hydrogens (primary N) is 1. The van der Waals surface area contributed by atoms with E-state index in [0.717, 1.165) is 50.2 Å². The summed E-state index contributed by atoms with van der Waals surface area (Å²) in [5.74, 6) is -1.85. The number of hydrogen-bond acceptors (Lipinski definition) is 7. The van der Waals surface area contributed by atoms with Crippen LogP contribution >= 0.6 is 0 Å². The number of benzene rings is 3. The van der Waals surface area contributed by atoms with Gasteiger partial charge in [-0.15, -0.1) is 0 Å². The molecule has 0 spiro atoms. The lowest BCUT2D eigenvalue weighted by atomic mass is 9.97. The molecule has 1 aliphatic rings. The first-order valence-corrected chi connectivity index (χ1v) is 15.4. The lowest BCUT2D eigenvalue weighted by Crippen LogP contribution is -2.30. The van der Waals surface area contributed by atoms with Gasteiger partial charge in [-0.2, -0.15) is 13.2 Å². The van der Waals surface area contributed by atoms with E-state index in [1.54, 1.807) is 12.1 Å². The second-order valence-corrected chi connectivity index (χ2v) is 11.2. The van der Waals surface area contributed by atoms with Gasteiger partial charge in [-0.25, -0.2) is 4.98 Å². The van der Waals surface area contributed by atoms with Crippen molar-refractivity contribution in [1.29, 1.82) is 0 Å². The van der Waals surface area contributed by atoms with E-state index < -0.39 is 29.5 Å². The molecule has 2 heterocycles. The Balaban J connectivity index is 1.43. The van der Waals surface area contributed by atoms with E-state index >= 15 is 0 Å². The summed E-state index contributed by atoms with van der Waals surface area (Å²) in [6.07, 6.45) is 1.41. The predicted octanol–water partition coefficient (Wildman–Crippen LogP) is 5.04. The summed E-state index contributed by atoms with van der Waals surface area (Å²) in [7, 11) is 0. The number of piperidine rings is 1. The van der Waals surface area contributed by atoms with Gasteiger partial charge in [-0.3, -0.25) is 14.4 Å². The van der Waals surface area contributed by atoms with Gasteiger partial charge in [0.25, 0.3) is 11.8 Å². The number of primary amides is 1. The van der Waals surface area contributed by atoms with Crippen LogP contribution < -0.4 is 21.3 Å². The minimum Gasteiger partial charge on any atom is -0.394 e. The highest BCUT2D eigenvalue weighted by Crippen LogP contribution is 2.31. The number of alkyl halides is 3. The molecular formula is C34H35F3N6O5. The van der Waals surface area contributed by atoms with Crippen molar-refractivity contribution in [2.24, 2.45) is 5.73 Å². The van der Waals surface area contributed by atoms with Crippen LogP contribution in [0.1, 0.15) is 61.5 Å². The minimum absolute atomic E-state index is 0.0809. The number of anilines is 3. The van der Waals surface area contributed by atoms with Crippen LogP contribution in [0.4, 0.5) is 30.4 Å². The molecule has 1 fully saturated rings. The number of ether oxygens (including phenoxy) is 1. The van der Waals surface area contributed by atoms with Crippen LogP contribution in [-0.4, -0.2) is 65.3 Å². The van der Waals surface area contributed by atoms with Crippen molar-refractivity contribution in [2.75, 3.05) is 48.4 Å². The van der Waals surface area contributed by atoms with E-state index in [1.165, 1.54) is 47.4 Å². The molecule has 0 unspecified atom stereocenters. The fourth-order valence-corrected chi connectivity index (χ4v) is 5.56. The zero-order valence-electron chi connectivity index (χ0n) is 25.9. The zero-order valence-corrected chi connectivity index (χ0v) is 25.9. The summed E-state index contributed by atoms with van der Waals surface area (Å²) in [4.78, 5) is 46.0. The van der Waals surface area contributed by atoms with Crippen LogP contribution in [0.5, 0.6) is 0 Å². The Morgan fingerprint density at radius 2 is 1.60 bits per heavy atom. The van der Waals surface area contributed by atoms with Gasteiger partial charge in [-0.05, 0) is 79.8 Å². The van der Waals surface area contributed by atoms with Gasteiger partial charge in [0.15, 0.2) is 5.82 Å². The smallest absolute Gasteiger partial charge is 0.394 e. The molecule has 0 atom stereocenters. The predicted molar refractivity (Wildman–Crippen MR) is 174 cm³/mol. The van der Waals surface area contributed by atoms with Gasteiger partial charge in [0.2, 0.25) is 5.91 Å². The van der Waals surface area contributed by atoms with Crippen molar-refractivity contribution in [1.82, 2.24) is 9.55 Å². The first kappa shape index (κ1) is 34.1. The van der Waals surface area contributed by atoms with Crippen LogP contribution in [-0.2, 0) is 17.3 Å².